The van der Waals surface area contributed by atoms with Crippen LogP contribution in [0.4, 0.5) is 5.69 Å². The van der Waals surface area contributed by atoms with Crippen LogP contribution in [0.3, 0.4) is 0 Å². The summed E-state index contributed by atoms with van der Waals surface area (Å²) in [6.45, 7) is 0. The van der Waals surface area contributed by atoms with Gasteiger partial charge in [0.05, 0.1) is 5.02 Å². The van der Waals surface area contributed by atoms with E-state index in [4.69, 9.17) is 28.3 Å². The summed E-state index contributed by atoms with van der Waals surface area (Å²) in [5.74, 6) is -0.392. The van der Waals surface area contributed by atoms with Gasteiger partial charge in [0.1, 0.15) is 4.90 Å². The van der Waals surface area contributed by atoms with E-state index in [1.54, 1.807) is 18.2 Å². The Hall–Kier alpha value is -1.60. The predicted molar refractivity (Wildman–Crippen MR) is 82.2 cm³/mol. The number of halogens is 2. The summed E-state index contributed by atoms with van der Waals surface area (Å²) in [5, 5.41) is 7.96. The van der Waals surface area contributed by atoms with E-state index in [9.17, 15) is 13.2 Å². The first-order valence-electron chi connectivity index (χ1n) is 5.66. The minimum absolute atomic E-state index is 0.0682. The quantitative estimate of drug-likeness (QED) is 0.896. The number of hydrogen-bond donors (Lipinski definition) is 2. The Bertz CT molecular complexity index is 807. The van der Waals surface area contributed by atoms with Gasteiger partial charge in [0, 0.05) is 16.3 Å². The van der Waals surface area contributed by atoms with Crippen LogP contribution in [0.5, 0.6) is 0 Å². The van der Waals surface area contributed by atoms with Crippen LogP contribution in [0, 0.1) is 0 Å². The van der Waals surface area contributed by atoms with Crippen molar-refractivity contribution in [2.24, 2.45) is 5.14 Å². The number of hydrogen-bond acceptors (Lipinski definition) is 3. The minimum Gasteiger partial charge on any atom is -0.322 e. The van der Waals surface area contributed by atoms with Crippen molar-refractivity contribution >= 4 is 44.8 Å². The second kappa shape index (κ2) is 6.03. The first-order valence-corrected chi connectivity index (χ1v) is 7.97. The number of primary sulfonamides is 1. The first kappa shape index (κ1) is 15.8. The Morgan fingerprint density at radius 2 is 1.81 bits per heavy atom. The first-order chi connectivity index (χ1) is 9.77. The molecule has 0 aliphatic rings. The van der Waals surface area contributed by atoms with Crippen molar-refractivity contribution in [3.63, 3.8) is 0 Å². The highest BCUT2D eigenvalue weighted by molar-refractivity contribution is 7.89. The van der Waals surface area contributed by atoms with Gasteiger partial charge in [0.2, 0.25) is 10.0 Å². The number of anilines is 1. The minimum atomic E-state index is -3.90. The van der Waals surface area contributed by atoms with Crippen LogP contribution >= 0.6 is 23.2 Å². The number of carbonyl (C=O) groups excluding carboxylic acids is 1. The number of nitrogens with one attached hydrogen (secondary N) is 1. The molecule has 3 N–H and O–H groups in total. The van der Waals surface area contributed by atoms with Crippen LogP contribution in [0.15, 0.2) is 47.4 Å². The van der Waals surface area contributed by atoms with Crippen molar-refractivity contribution in [2.75, 3.05) is 5.32 Å². The van der Waals surface area contributed by atoms with Crippen molar-refractivity contribution < 1.29 is 13.2 Å². The van der Waals surface area contributed by atoms with Crippen LogP contribution in [0.25, 0.3) is 0 Å². The highest BCUT2D eigenvalue weighted by Gasteiger charge is 2.14. The van der Waals surface area contributed by atoms with E-state index < -0.39 is 15.9 Å². The summed E-state index contributed by atoms with van der Waals surface area (Å²) in [6, 6.07) is 10.3. The molecule has 110 valence electrons. The molecule has 0 unspecified atom stereocenters. The van der Waals surface area contributed by atoms with Gasteiger partial charge >= 0.3 is 0 Å². The van der Waals surface area contributed by atoms with Crippen molar-refractivity contribution in [3.8, 4) is 0 Å². The van der Waals surface area contributed by atoms with E-state index in [1.165, 1.54) is 24.3 Å². The largest absolute Gasteiger partial charge is 0.322 e. The zero-order chi connectivity index (χ0) is 15.6. The summed E-state index contributed by atoms with van der Waals surface area (Å²) < 4.78 is 22.5. The molecular weight excluding hydrogens is 335 g/mol. The fourth-order valence-electron chi connectivity index (χ4n) is 1.64. The Balaban J connectivity index is 2.25. The fourth-order valence-corrected chi connectivity index (χ4v) is 2.92. The molecule has 0 spiro atoms. The third-order valence-corrected chi connectivity index (χ3v) is 4.21. The van der Waals surface area contributed by atoms with Crippen LogP contribution in [0.1, 0.15) is 10.4 Å². The van der Waals surface area contributed by atoms with Crippen LogP contribution in [-0.4, -0.2) is 14.3 Å². The lowest BCUT2D eigenvalue weighted by atomic mass is 10.2. The van der Waals surface area contributed by atoms with Gasteiger partial charge in [0.25, 0.3) is 5.91 Å². The van der Waals surface area contributed by atoms with Gasteiger partial charge in [-0.2, -0.15) is 0 Å². The maximum absolute atomic E-state index is 12.0. The maximum atomic E-state index is 12.0. The molecule has 0 aliphatic carbocycles. The highest BCUT2D eigenvalue weighted by Crippen LogP contribution is 2.24. The van der Waals surface area contributed by atoms with Crippen LogP contribution in [0.2, 0.25) is 10.0 Å². The molecule has 0 saturated heterocycles. The van der Waals surface area contributed by atoms with E-state index in [2.05, 4.69) is 5.32 Å². The standard InChI is InChI=1S/C13H10Cl2N2O3S/c14-9-3-1-2-8(6-9)13(18)17-10-4-5-12(11(15)7-10)21(16,19)20/h1-7H,(H,17,18)(H2,16,19,20). The molecular formula is C13H10Cl2N2O3S. The Kier molecular flexibility index (Phi) is 4.53. The monoisotopic (exact) mass is 344 g/mol. The molecule has 2 aromatic carbocycles. The second-order valence-corrected chi connectivity index (χ2v) is 6.53. The van der Waals surface area contributed by atoms with Gasteiger partial charge in [-0.15, -0.1) is 0 Å². The average Bonchev–Trinajstić information content (AvgIpc) is 2.37. The van der Waals surface area contributed by atoms with Gasteiger partial charge in [-0.05, 0) is 36.4 Å². The van der Waals surface area contributed by atoms with Gasteiger partial charge in [-0.25, -0.2) is 13.6 Å². The number of amides is 1. The summed E-state index contributed by atoms with van der Waals surface area (Å²) in [7, 11) is -3.90. The summed E-state index contributed by atoms with van der Waals surface area (Å²) in [6.07, 6.45) is 0. The molecule has 5 nitrogen and oxygen atoms in total. The average molecular weight is 345 g/mol. The van der Waals surface area contributed by atoms with E-state index in [0.29, 0.717) is 16.3 Å². The SMILES string of the molecule is NS(=O)(=O)c1ccc(NC(=O)c2cccc(Cl)c2)cc1Cl. The second-order valence-electron chi connectivity index (χ2n) is 4.15. The normalized spacial score (nSPS) is 11.2. The molecule has 0 atom stereocenters. The van der Waals surface area contributed by atoms with Crippen LogP contribution in [-0.2, 0) is 10.0 Å². The predicted octanol–water partition coefficient (Wildman–Crippen LogP) is 2.89. The molecule has 2 aromatic rings. The third kappa shape index (κ3) is 3.95. The van der Waals surface area contributed by atoms with Crippen molar-refractivity contribution in [3.05, 3.63) is 58.1 Å². The molecule has 0 bridgehead atoms. The lowest BCUT2D eigenvalue weighted by molar-refractivity contribution is 0.102. The Morgan fingerprint density at radius 3 is 2.38 bits per heavy atom. The molecule has 8 heteroatoms. The van der Waals surface area contributed by atoms with Gasteiger partial charge in [0.15, 0.2) is 0 Å². The smallest absolute Gasteiger partial charge is 0.255 e. The molecule has 0 radical (unpaired) electrons. The van der Waals surface area contributed by atoms with Gasteiger partial charge in [-0.3, -0.25) is 4.79 Å². The number of sulfonamides is 1. The van der Waals surface area contributed by atoms with E-state index in [-0.39, 0.29) is 9.92 Å². The topological polar surface area (TPSA) is 89.3 Å². The summed E-state index contributed by atoms with van der Waals surface area (Å²) >= 11 is 11.6. The summed E-state index contributed by atoms with van der Waals surface area (Å²) in [5.41, 5.74) is 0.714. The van der Waals surface area contributed by atoms with Gasteiger partial charge in [-0.1, -0.05) is 29.3 Å². The molecule has 0 aromatic heterocycles. The molecule has 0 aliphatic heterocycles. The zero-order valence-electron chi connectivity index (χ0n) is 10.5. The Labute approximate surface area is 131 Å². The van der Waals surface area contributed by atoms with E-state index >= 15 is 0 Å². The molecule has 0 saturated carbocycles. The number of carbonyl (C=O) groups is 1. The third-order valence-electron chi connectivity index (χ3n) is 2.58. The fraction of sp³-hybridized carbons (Fsp3) is 0. The number of rotatable bonds is 3. The lowest BCUT2D eigenvalue weighted by Crippen LogP contribution is -2.14. The maximum Gasteiger partial charge on any atom is 0.255 e. The zero-order valence-corrected chi connectivity index (χ0v) is 12.8. The van der Waals surface area contributed by atoms with Crippen LogP contribution < -0.4 is 10.5 Å². The van der Waals surface area contributed by atoms with Crippen molar-refractivity contribution in [1.29, 1.82) is 0 Å². The molecule has 0 fully saturated rings. The highest BCUT2D eigenvalue weighted by atomic mass is 35.5. The van der Waals surface area contributed by atoms with Gasteiger partial charge < -0.3 is 5.32 Å². The summed E-state index contributed by atoms with van der Waals surface area (Å²) in [4.78, 5) is 11.8. The van der Waals surface area contributed by atoms with E-state index in [0.717, 1.165) is 0 Å². The molecule has 21 heavy (non-hydrogen) atoms. The lowest BCUT2D eigenvalue weighted by Gasteiger charge is -2.08. The number of benzene rings is 2. The molecule has 0 heterocycles. The molecule has 1 amide bonds. The number of nitrogens with two attached hydrogens (primary N) is 1. The van der Waals surface area contributed by atoms with Crippen molar-refractivity contribution in [1.82, 2.24) is 0 Å². The molecule has 2 rings (SSSR count). The Morgan fingerprint density at radius 1 is 1.10 bits per heavy atom. The van der Waals surface area contributed by atoms with E-state index in [1.807, 2.05) is 0 Å². The van der Waals surface area contributed by atoms with Crippen molar-refractivity contribution in [2.45, 2.75) is 4.90 Å².